The fourth-order valence-electron chi connectivity index (χ4n) is 10.1. The van der Waals surface area contributed by atoms with Crippen LogP contribution in [-0.2, 0) is 47.7 Å². The molecule has 0 aromatic rings. The average Bonchev–Trinajstić information content (AvgIpc) is 3.28. The van der Waals surface area contributed by atoms with E-state index in [4.69, 9.17) is 23.7 Å². The molecule has 1 aliphatic carbocycles. The van der Waals surface area contributed by atoms with Crippen molar-refractivity contribution in [2.24, 2.45) is 35.5 Å². The molecule has 15 atom stereocenters. The second kappa shape index (κ2) is 25.1. The largest absolute Gasteiger partial charge is 0.460 e. The van der Waals surface area contributed by atoms with Gasteiger partial charge in [0.15, 0.2) is 5.78 Å². The molecule has 0 radical (unpaired) electrons. The molecule has 0 unspecified atom stereocenters. The monoisotopic (exact) mass is 914 g/mol. The number of amides is 1. The molecule has 0 spiro atoms. The molecule has 0 aromatic carbocycles. The highest BCUT2D eigenvalue weighted by atomic mass is 16.6. The number of Topliss-reactive ketones (excluding diaryl/α,β-unsaturated/α-hetero) is 3. The lowest BCUT2D eigenvalue weighted by atomic mass is 9.78. The Morgan fingerprint density at radius 1 is 0.846 bits per heavy atom. The number of esters is 1. The number of allylic oxidation sites excluding steroid dienone is 6. The van der Waals surface area contributed by atoms with Crippen LogP contribution in [0.2, 0.25) is 0 Å². The summed E-state index contributed by atoms with van der Waals surface area (Å²) in [5.41, 5.74) is 1.27. The standard InChI is InChI=1S/C51H79NO13/c1-30-16-12-11-13-17-31(2)42(61-8)28-38-21-19-36(7)51(60,65-38)48(57)49(58)52-23-15-14-18-39(52)50(59)64-43(33(4)26-37-20-22-40(53)44(27-37)62-9)29-41(54)32(3)25-35(6)46(56)47(63-10)45(55)34(5)24-30/h11-13,16-17,25,30,32-34,36-40,42-44,46-47,53,56,60H,14-15,18-24,26-29H2,1-10H3/b13-11?,16-12+,31-17?,35-25?/t30-,32-,33-,34-,36-,37+,38+,39+,40-,42+,43+,44-,46-,47+,51-/m1/s1. The Labute approximate surface area is 387 Å². The quantitative estimate of drug-likeness (QED) is 0.156. The number of fused-ring (bicyclic) bond motifs is 3. The Morgan fingerprint density at radius 3 is 2.25 bits per heavy atom. The summed E-state index contributed by atoms with van der Waals surface area (Å²) in [5, 5.41) is 33.8. The van der Waals surface area contributed by atoms with Crippen LogP contribution >= 0.6 is 0 Å². The summed E-state index contributed by atoms with van der Waals surface area (Å²) in [5.74, 6) is -7.96. The van der Waals surface area contributed by atoms with Crippen molar-refractivity contribution in [1.82, 2.24) is 4.90 Å². The van der Waals surface area contributed by atoms with E-state index in [1.54, 1.807) is 41.1 Å². The zero-order chi connectivity index (χ0) is 48.2. The Morgan fingerprint density at radius 2 is 1.57 bits per heavy atom. The molecule has 3 aliphatic heterocycles. The first-order chi connectivity index (χ1) is 30.7. The number of hydrogen-bond acceptors (Lipinski definition) is 13. The zero-order valence-electron chi connectivity index (χ0n) is 40.6. The second-order valence-electron chi connectivity index (χ2n) is 19.6. The van der Waals surface area contributed by atoms with Crippen LogP contribution in [0.3, 0.4) is 0 Å². The molecule has 4 rings (SSSR count). The van der Waals surface area contributed by atoms with Crippen LogP contribution in [0.5, 0.6) is 0 Å². The maximum Gasteiger partial charge on any atom is 0.329 e. The molecule has 14 heteroatoms. The maximum atomic E-state index is 14.4. The van der Waals surface area contributed by atoms with Crippen molar-refractivity contribution in [3.63, 3.8) is 0 Å². The molecule has 0 aromatic heterocycles. The molecule has 3 N–H and O–H groups in total. The summed E-state index contributed by atoms with van der Waals surface area (Å²) < 4.78 is 29.4. The van der Waals surface area contributed by atoms with Gasteiger partial charge in [-0.3, -0.25) is 19.2 Å². The van der Waals surface area contributed by atoms with Crippen molar-refractivity contribution in [2.75, 3.05) is 27.9 Å². The predicted molar refractivity (Wildman–Crippen MR) is 245 cm³/mol. The van der Waals surface area contributed by atoms with Crippen molar-refractivity contribution in [1.29, 1.82) is 0 Å². The van der Waals surface area contributed by atoms with E-state index in [1.807, 2.05) is 58.1 Å². The van der Waals surface area contributed by atoms with E-state index in [2.05, 4.69) is 0 Å². The summed E-state index contributed by atoms with van der Waals surface area (Å²) in [6, 6.07) is -1.14. The van der Waals surface area contributed by atoms with Crippen LogP contribution in [0.4, 0.5) is 0 Å². The lowest BCUT2D eigenvalue weighted by Crippen LogP contribution is -2.61. The first-order valence-electron chi connectivity index (χ1n) is 23.9. The van der Waals surface area contributed by atoms with E-state index in [0.29, 0.717) is 63.4 Å². The topological polar surface area (TPSA) is 195 Å². The number of nitrogens with zero attached hydrogens (tertiary/aromatic N) is 1. The van der Waals surface area contributed by atoms with Crippen LogP contribution in [0.1, 0.15) is 126 Å². The van der Waals surface area contributed by atoms with Crippen molar-refractivity contribution in [2.45, 2.75) is 180 Å². The summed E-state index contributed by atoms with van der Waals surface area (Å²) in [7, 11) is 4.52. The highest BCUT2D eigenvalue weighted by molar-refractivity contribution is 6.39. The molecule has 4 aliphatic rings. The van der Waals surface area contributed by atoms with Gasteiger partial charge in [0, 0.05) is 58.5 Å². The van der Waals surface area contributed by atoms with Crippen LogP contribution < -0.4 is 0 Å². The number of ketones is 3. The fraction of sp³-hybridized carbons (Fsp3) is 0.745. The number of ether oxygens (including phenoxy) is 5. The Hall–Kier alpha value is -3.37. The lowest BCUT2D eigenvalue weighted by Gasteiger charge is -2.42. The molecular formula is C51H79NO13. The number of cyclic esters (lactones) is 1. The second-order valence-corrected chi connectivity index (χ2v) is 19.6. The maximum absolute atomic E-state index is 14.4. The number of rotatable bonds is 6. The highest BCUT2D eigenvalue weighted by Crippen LogP contribution is 2.38. The fourth-order valence-corrected chi connectivity index (χ4v) is 10.1. The molecule has 14 nitrogen and oxygen atoms in total. The van der Waals surface area contributed by atoms with Crippen LogP contribution in [-0.4, -0.2) is 132 Å². The van der Waals surface area contributed by atoms with Gasteiger partial charge in [0.2, 0.25) is 5.79 Å². The van der Waals surface area contributed by atoms with Gasteiger partial charge in [-0.05, 0) is 107 Å². The number of aliphatic hydroxyl groups excluding tert-OH is 2. The van der Waals surface area contributed by atoms with Gasteiger partial charge < -0.3 is 43.9 Å². The Kier molecular flexibility index (Phi) is 21.0. The van der Waals surface area contributed by atoms with E-state index < -0.39 is 83.9 Å². The van der Waals surface area contributed by atoms with Crippen LogP contribution in [0.15, 0.2) is 47.6 Å². The summed E-state index contributed by atoms with van der Waals surface area (Å²) in [4.78, 5) is 71.8. The molecule has 366 valence electrons. The molecule has 3 fully saturated rings. The highest BCUT2D eigenvalue weighted by Gasteiger charge is 2.53. The third kappa shape index (κ3) is 14.3. The summed E-state index contributed by atoms with van der Waals surface area (Å²) >= 11 is 0. The predicted octanol–water partition coefficient (Wildman–Crippen LogP) is 6.18. The van der Waals surface area contributed by atoms with Crippen LogP contribution in [0, 0.1) is 35.5 Å². The number of carbonyl (C=O) groups excluding carboxylic acids is 5. The third-order valence-electron chi connectivity index (χ3n) is 14.5. The molecule has 3 heterocycles. The van der Waals surface area contributed by atoms with Crippen molar-refractivity contribution < 1.29 is 63.0 Å². The van der Waals surface area contributed by atoms with Crippen molar-refractivity contribution in [3.8, 4) is 0 Å². The van der Waals surface area contributed by atoms with Crippen molar-refractivity contribution >= 4 is 29.2 Å². The van der Waals surface area contributed by atoms with Gasteiger partial charge >= 0.3 is 5.97 Å². The van der Waals surface area contributed by atoms with Gasteiger partial charge in [-0.2, -0.15) is 0 Å². The van der Waals surface area contributed by atoms with Crippen LogP contribution in [0.25, 0.3) is 0 Å². The van der Waals surface area contributed by atoms with Gasteiger partial charge in [0.05, 0.1) is 24.4 Å². The van der Waals surface area contributed by atoms with E-state index >= 15 is 0 Å². The van der Waals surface area contributed by atoms with E-state index in [-0.39, 0.29) is 54.8 Å². The zero-order valence-corrected chi connectivity index (χ0v) is 40.6. The molecule has 2 bridgehead atoms. The first kappa shape index (κ1) is 54.2. The molecule has 2 saturated heterocycles. The number of methoxy groups -OCH3 is 3. The number of carbonyl (C=O) groups is 5. The molecule has 65 heavy (non-hydrogen) atoms. The van der Waals surface area contributed by atoms with Gasteiger partial charge in [-0.25, -0.2) is 4.79 Å². The number of aliphatic hydroxyl groups is 3. The smallest absolute Gasteiger partial charge is 0.329 e. The SMILES string of the molecule is CO[C@H]1C[C@@H]2CC[C@@H](C)[C@@](O)(O2)C(=O)C(=O)N2CCCC[C@H]2C(=O)O[C@H]([C@H](C)C[C@@H]2CC[C@@H](O)[C@H](OC)C2)CC(=O)[C@H](C)C=C(C)[C@@H](O)[C@@H](OC)C(=O)[C@H](C)C[C@H](C)/C=C/C=CC=C1C. The van der Waals surface area contributed by atoms with Gasteiger partial charge in [0.1, 0.15) is 30.1 Å². The van der Waals surface area contributed by atoms with E-state index in [1.165, 1.54) is 12.0 Å². The summed E-state index contributed by atoms with van der Waals surface area (Å²) in [6.07, 6.45) is 11.2. The summed E-state index contributed by atoms with van der Waals surface area (Å²) in [6.45, 7) is 12.7. The average molecular weight is 914 g/mol. The molecule has 1 amide bonds. The number of hydrogen-bond donors (Lipinski definition) is 3. The minimum atomic E-state index is -2.43. The Balaban J connectivity index is 1.70. The molecular weight excluding hydrogens is 835 g/mol. The van der Waals surface area contributed by atoms with Crippen molar-refractivity contribution in [3.05, 3.63) is 47.6 Å². The van der Waals surface area contributed by atoms with E-state index in [9.17, 15) is 39.3 Å². The van der Waals surface area contributed by atoms with Gasteiger partial charge in [0.25, 0.3) is 11.7 Å². The van der Waals surface area contributed by atoms with Gasteiger partial charge in [-0.1, -0.05) is 71.1 Å². The molecule has 1 saturated carbocycles. The third-order valence-corrected chi connectivity index (χ3v) is 14.5. The minimum Gasteiger partial charge on any atom is -0.460 e. The minimum absolute atomic E-state index is 0.0193. The lowest BCUT2D eigenvalue weighted by molar-refractivity contribution is -0.265. The first-order valence-corrected chi connectivity index (χ1v) is 23.9. The van der Waals surface area contributed by atoms with Gasteiger partial charge in [-0.15, -0.1) is 0 Å². The van der Waals surface area contributed by atoms with E-state index in [0.717, 1.165) is 12.0 Å². The number of piperidine rings is 1. The normalized spacial score (nSPS) is 38.3. The Bertz CT molecular complexity index is 1760.